The first kappa shape index (κ1) is 29.8. The Bertz CT molecular complexity index is 996. The molecule has 4 atom stereocenters. The number of hydrogen-bond acceptors (Lipinski definition) is 4. The van der Waals surface area contributed by atoms with Gasteiger partial charge in [0.2, 0.25) is 0 Å². The maximum atomic E-state index is 4.56. The number of nitrogens with zero attached hydrogens (tertiary/aromatic N) is 3. The van der Waals surface area contributed by atoms with Crippen LogP contribution < -0.4 is 5.32 Å². The van der Waals surface area contributed by atoms with Crippen LogP contribution >= 0.6 is 22.6 Å². The zero-order valence-electron chi connectivity index (χ0n) is 24.2. The third-order valence-electron chi connectivity index (χ3n) is 8.38. The van der Waals surface area contributed by atoms with Crippen molar-refractivity contribution in [3.05, 3.63) is 71.5 Å². The zero-order valence-corrected chi connectivity index (χ0v) is 26.4. The van der Waals surface area contributed by atoms with Crippen molar-refractivity contribution in [3.8, 4) is 0 Å². The molecule has 3 aliphatic rings. The molecule has 0 spiro atoms. The van der Waals surface area contributed by atoms with Crippen LogP contribution in [0.25, 0.3) is 0 Å². The Morgan fingerprint density at radius 3 is 2.81 bits per heavy atom. The number of hydrogen-bond donors (Lipinski definition) is 1. The summed E-state index contributed by atoms with van der Waals surface area (Å²) in [6, 6.07) is 0.922. The highest BCUT2D eigenvalue weighted by atomic mass is 127. The molecule has 0 amide bonds. The van der Waals surface area contributed by atoms with Crippen LogP contribution in [0, 0.1) is 11.3 Å². The predicted molar refractivity (Wildman–Crippen MR) is 170 cm³/mol. The van der Waals surface area contributed by atoms with Crippen molar-refractivity contribution in [2.24, 2.45) is 16.3 Å². The molecule has 1 N–H and O–H groups in total. The summed E-state index contributed by atoms with van der Waals surface area (Å²) in [5.41, 5.74) is 6.83. The monoisotopic (exact) mass is 616 g/mol. The van der Waals surface area contributed by atoms with Crippen molar-refractivity contribution in [2.45, 2.75) is 96.6 Å². The van der Waals surface area contributed by atoms with Gasteiger partial charge in [-0.1, -0.05) is 82.0 Å². The van der Waals surface area contributed by atoms with E-state index >= 15 is 0 Å². The molecule has 3 heterocycles. The molecular weight excluding hydrogens is 567 g/mol. The quantitative estimate of drug-likeness (QED) is 0.137. The largest absolute Gasteiger partial charge is 0.381 e. The lowest BCUT2D eigenvalue weighted by Gasteiger charge is -2.40. The van der Waals surface area contributed by atoms with E-state index in [0.717, 1.165) is 38.8 Å². The standard InChI is InChI=1S/C32H49IN4/c1-9-19-34-21-24(4)28(33)16-15-25(5)37-26(6)30(36-20-18-27(37)22-36)17-14-23(3)29-12-11-13-31(35-29)32(7,8)10-2/h11-14,17,19,21,23,27-28,31,35H,5,9-10,15-16,18,20,22H2,1-4,6-8H3/b17-14-,24-21+,34-19?/t23-,27?,28+,31?/m1/s1. The van der Waals surface area contributed by atoms with Gasteiger partial charge in [-0.3, -0.25) is 4.99 Å². The third-order valence-corrected chi connectivity index (χ3v) is 9.98. The molecule has 2 unspecified atom stereocenters. The average Bonchev–Trinajstić information content (AvgIpc) is 3.31. The smallest absolute Gasteiger partial charge is 0.0559 e. The maximum absolute atomic E-state index is 4.56. The number of halogens is 1. The van der Waals surface area contributed by atoms with Crippen LogP contribution in [0.2, 0.25) is 0 Å². The molecule has 0 aromatic rings. The molecule has 0 saturated carbocycles. The van der Waals surface area contributed by atoms with E-state index in [1.165, 1.54) is 34.8 Å². The van der Waals surface area contributed by atoms with E-state index in [1.54, 1.807) is 0 Å². The van der Waals surface area contributed by atoms with Crippen LogP contribution in [-0.4, -0.2) is 45.1 Å². The summed E-state index contributed by atoms with van der Waals surface area (Å²) in [5.74, 6) is 0.335. The number of nitrogens with one attached hydrogen (secondary N) is 1. The van der Waals surface area contributed by atoms with E-state index < -0.39 is 0 Å². The van der Waals surface area contributed by atoms with Crippen LogP contribution in [0.1, 0.15) is 80.6 Å². The molecule has 2 bridgehead atoms. The molecular formula is C32H49IN4. The Hall–Kier alpha value is -1.76. The number of dihydropyridines is 1. The second-order valence-electron chi connectivity index (χ2n) is 11.5. The number of rotatable bonds is 12. The predicted octanol–water partition coefficient (Wildman–Crippen LogP) is 8.13. The number of fused-ring (bicyclic) bond motifs is 2. The molecule has 5 heteroatoms. The van der Waals surface area contributed by atoms with Gasteiger partial charge in [0, 0.05) is 58.5 Å². The Morgan fingerprint density at radius 1 is 1.35 bits per heavy atom. The Kier molecular flexibility index (Phi) is 10.7. The van der Waals surface area contributed by atoms with Crippen molar-refractivity contribution in [2.75, 3.05) is 13.1 Å². The first-order valence-corrected chi connectivity index (χ1v) is 15.4. The first-order valence-electron chi connectivity index (χ1n) is 14.2. The van der Waals surface area contributed by atoms with Gasteiger partial charge in [-0.05, 0) is 69.1 Å². The summed E-state index contributed by atoms with van der Waals surface area (Å²) in [4.78, 5) is 9.53. The van der Waals surface area contributed by atoms with Crippen molar-refractivity contribution in [1.29, 1.82) is 0 Å². The van der Waals surface area contributed by atoms with Crippen LogP contribution in [0.4, 0.5) is 0 Å². The highest BCUT2D eigenvalue weighted by Gasteiger charge is 2.36. The third kappa shape index (κ3) is 7.42. The molecule has 3 aliphatic heterocycles. The van der Waals surface area contributed by atoms with Crippen molar-refractivity contribution in [1.82, 2.24) is 15.1 Å². The highest BCUT2D eigenvalue weighted by Crippen LogP contribution is 2.37. The lowest BCUT2D eigenvalue weighted by atomic mass is 9.80. The van der Waals surface area contributed by atoms with E-state index in [4.69, 9.17) is 0 Å². The minimum Gasteiger partial charge on any atom is -0.381 e. The lowest BCUT2D eigenvalue weighted by Crippen LogP contribution is -2.42. The minimum absolute atomic E-state index is 0.237. The second-order valence-corrected chi connectivity index (χ2v) is 13.0. The fourth-order valence-corrected chi connectivity index (χ4v) is 5.83. The molecule has 0 aliphatic carbocycles. The van der Waals surface area contributed by atoms with Gasteiger partial charge in [0.15, 0.2) is 0 Å². The molecule has 1 saturated heterocycles. The molecule has 3 rings (SSSR count). The van der Waals surface area contributed by atoms with Crippen LogP contribution in [0.15, 0.2) is 76.5 Å². The van der Waals surface area contributed by atoms with Gasteiger partial charge in [-0.25, -0.2) is 0 Å². The summed E-state index contributed by atoms with van der Waals surface area (Å²) in [6.45, 7) is 22.6. The minimum atomic E-state index is 0.237. The van der Waals surface area contributed by atoms with Gasteiger partial charge >= 0.3 is 0 Å². The molecule has 0 radical (unpaired) electrons. The van der Waals surface area contributed by atoms with Gasteiger partial charge in [0.25, 0.3) is 0 Å². The Morgan fingerprint density at radius 2 is 2.11 bits per heavy atom. The Balaban J connectivity index is 1.69. The second kappa shape index (κ2) is 13.3. The SMILES string of the molecule is C=C(CC[C@H](I)/C(C)=C/N=CCC)N1C(C)=C(/C=C\[C@@H](C)C2=CC=CC(C(C)(C)CC)N2)N2CCC1C2. The molecule has 1 fully saturated rings. The topological polar surface area (TPSA) is 30.9 Å². The summed E-state index contributed by atoms with van der Waals surface area (Å²) in [6.07, 6.45) is 20.9. The number of alkyl halides is 1. The fraction of sp³-hybridized carbons (Fsp3) is 0.594. The Labute approximate surface area is 240 Å². The fourth-order valence-electron chi connectivity index (χ4n) is 5.36. The average molecular weight is 617 g/mol. The number of aliphatic imine (C=N–C) groups is 1. The van der Waals surface area contributed by atoms with Gasteiger partial charge in [-0.2, -0.15) is 0 Å². The molecule has 204 valence electrons. The van der Waals surface area contributed by atoms with Crippen molar-refractivity contribution in [3.63, 3.8) is 0 Å². The molecule has 37 heavy (non-hydrogen) atoms. The lowest BCUT2D eigenvalue weighted by molar-refractivity contribution is 0.260. The van der Waals surface area contributed by atoms with Gasteiger partial charge in [0.05, 0.1) is 11.7 Å². The molecule has 0 aromatic carbocycles. The van der Waals surface area contributed by atoms with Gasteiger partial charge < -0.3 is 15.1 Å². The maximum Gasteiger partial charge on any atom is 0.0559 e. The molecule has 0 aromatic heterocycles. The van der Waals surface area contributed by atoms with E-state index in [1.807, 2.05) is 12.4 Å². The molecule has 4 nitrogen and oxygen atoms in total. The highest BCUT2D eigenvalue weighted by molar-refractivity contribution is 14.1. The van der Waals surface area contributed by atoms with E-state index in [2.05, 4.69) is 128 Å². The van der Waals surface area contributed by atoms with E-state index in [9.17, 15) is 0 Å². The van der Waals surface area contributed by atoms with Crippen LogP contribution in [-0.2, 0) is 0 Å². The number of allylic oxidation sites excluding steroid dienone is 7. The summed E-state index contributed by atoms with van der Waals surface area (Å²) < 4.78 is 0.476. The summed E-state index contributed by atoms with van der Waals surface area (Å²) in [5, 5.41) is 3.81. The van der Waals surface area contributed by atoms with Crippen LogP contribution in [0.3, 0.4) is 0 Å². The zero-order chi connectivity index (χ0) is 27.2. The van der Waals surface area contributed by atoms with Crippen molar-refractivity contribution >= 4 is 28.8 Å². The summed E-state index contributed by atoms with van der Waals surface area (Å²) >= 11 is 2.56. The normalized spacial score (nSPS) is 24.2. The van der Waals surface area contributed by atoms with E-state index in [-0.39, 0.29) is 5.41 Å². The van der Waals surface area contributed by atoms with Gasteiger partial charge in [0.1, 0.15) is 0 Å². The van der Waals surface area contributed by atoms with Crippen LogP contribution in [0.5, 0.6) is 0 Å². The first-order chi connectivity index (χ1) is 17.6. The van der Waals surface area contributed by atoms with Gasteiger partial charge in [-0.15, -0.1) is 0 Å². The van der Waals surface area contributed by atoms with E-state index in [0.29, 0.717) is 21.9 Å². The van der Waals surface area contributed by atoms with Crippen molar-refractivity contribution < 1.29 is 0 Å². The summed E-state index contributed by atoms with van der Waals surface area (Å²) in [7, 11) is 0.